The zero-order valence-electron chi connectivity index (χ0n) is 22.1. The molecule has 1 heterocycles. The SMILES string of the molecule is Cc1ccc(C(=O)Nc2cc(C(C)(C)C)cn(C)c2=O)cc1N(N)/C=C(\[NH3+])C(=O)NCC(C)(C)C. The van der Waals surface area contributed by atoms with Gasteiger partial charge in [0.25, 0.3) is 11.5 Å². The first kappa shape index (κ1) is 27.8. The Bertz CT molecular complexity index is 1200. The second-order valence-electron chi connectivity index (χ2n) is 11.1. The van der Waals surface area contributed by atoms with Gasteiger partial charge in [-0.1, -0.05) is 47.6 Å². The number of hydrogen-bond donors (Lipinski definition) is 4. The second kappa shape index (κ2) is 10.5. The molecule has 0 unspecified atom stereocenters. The van der Waals surface area contributed by atoms with E-state index in [1.54, 1.807) is 37.5 Å². The highest BCUT2D eigenvalue weighted by atomic mass is 16.2. The molecule has 0 radical (unpaired) electrons. The van der Waals surface area contributed by atoms with E-state index in [4.69, 9.17) is 5.84 Å². The lowest BCUT2D eigenvalue weighted by Crippen LogP contribution is -2.56. The molecule has 0 bridgehead atoms. The van der Waals surface area contributed by atoms with Crippen molar-refractivity contribution in [1.29, 1.82) is 0 Å². The molecule has 0 spiro atoms. The van der Waals surface area contributed by atoms with Crippen molar-refractivity contribution in [2.45, 2.75) is 53.9 Å². The van der Waals surface area contributed by atoms with Gasteiger partial charge in [-0.2, -0.15) is 0 Å². The number of carbonyl (C=O) groups is 2. The van der Waals surface area contributed by atoms with E-state index >= 15 is 0 Å². The van der Waals surface area contributed by atoms with Gasteiger partial charge in [-0.15, -0.1) is 0 Å². The van der Waals surface area contributed by atoms with E-state index in [0.717, 1.165) is 11.1 Å². The Morgan fingerprint density at radius 1 is 1.14 bits per heavy atom. The molecule has 1 aromatic carbocycles. The summed E-state index contributed by atoms with van der Waals surface area (Å²) in [6.45, 7) is 14.5. The highest BCUT2D eigenvalue weighted by Gasteiger charge is 2.20. The molecular weight excluding hydrogens is 444 g/mol. The average Bonchev–Trinajstić information content (AvgIpc) is 2.73. The van der Waals surface area contributed by atoms with Gasteiger partial charge in [0.2, 0.25) is 5.70 Å². The molecular formula is C26H39N6O3+. The second-order valence-corrected chi connectivity index (χ2v) is 11.1. The van der Waals surface area contributed by atoms with Crippen molar-refractivity contribution in [1.82, 2.24) is 9.88 Å². The summed E-state index contributed by atoms with van der Waals surface area (Å²) in [4.78, 5) is 38.0. The van der Waals surface area contributed by atoms with Gasteiger partial charge < -0.3 is 20.9 Å². The lowest BCUT2D eigenvalue weighted by atomic mass is 9.88. The van der Waals surface area contributed by atoms with Crippen LogP contribution in [0.3, 0.4) is 0 Å². The molecule has 1 aromatic heterocycles. The standard InChI is InChI=1S/C26H38N6O3/c1-16-9-10-17(11-21(16)32(28)14-19(27)23(34)29-15-25(2,3)4)22(33)30-20-12-18(26(5,6)7)13-31(8)24(20)35/h9-14H,15,27-28H2,1-8H3,(H,29,34)(H,30,33)/p+1/b19-14-. The maximum absolute atomic E-state index is 13.0. The maximum atomic E-state index is 13.0. The number of quaternary nitrogens is 1. The number of pyridine rings is 1. The summed E-state index contributed by atoms with van der Waals surface area (Å²) >= 11 is 0. The van der Waals surface area contributed by atoms with E-state index in [0.29, 0.717) is 17.8 Å². The van der Waals surface area contributed by atoms with Crippen molar-refractivity contribution in [3.63, 3.8) is 0 Å². The molecule has 0 saturated carbocycles. The van der Waals surface area contributed by atoms with Crippen LogP contribution in [0.25, 0.3) is 0 Å². The number of benzene rings is 1. The van der Waals surface area contributed by atoms with Crippen LogP contribution in [0.1, 0.15) is 63.0 Å². The number of aromatic nitrogens is 1. The zero-order valence-corrected chi connectivity index (χ0v) is 22.1. The first-order valence-electron chi connectivity index (χ1n) is 11.5. The smallest absolute Gasteiger partial charge is 0.306 e. The van der Waals surface area contributed by atoms with E-state index in [1.807, 2.05) is 48.5 Å². The van der Waals surface area contributed by atoms with Gasteiger partial charge in [0.15, 0.2) is 0 Å². The van der Waals surface area contributed by atoms with E-state index < -0.39 is 5.91 Å². The molecule has 0 aliphatic heterocycles. The number of hydrazine groups is 1. The number of hydrogen-bond acceptors (Lipinski definition) is 5. The third-order valence-electron chi connectivity index (χ3n) is 5.41. The monoisotopic (exact) mass is 483 g/mol. The molecule has 2 aromatic rings. The van der Waals surface area contributed by atoms with Crippen molar-refractivity contribution in [3.8, 4) is 0 Å². The molecule has 9 heteroatoms. The van der Waals surface area contributed by atoms with Crippen LogP contribution in [0.2, 0.25) is 0 Å². The lowest BCUT2D eigenvalue weighted by Gasteiger charge is -2.21. The van der Waals surface area contributed by atoms with Crippen LogP contribution in [0.5, 0.6) is 0 Å². The molecule has 0 aliphatic carbocycles. The van der Waals surface area contributed by atoms with Gasteiger partial charge >= 0.3 is 5.91 Å². The number of nitrogens with two attached hydrogens (primary N) is 1. The topological polar surface area (TPSA) is 137 Å². The first-order valence-corrected chi connectivity index (χ1v) is 11.5. The van der Waals surface area contributed by atoms with Crippen molar-refractivity contribution in [2.24, 2.45) is 18.3 Å². The molecule has 0 saturated heterocycles. The largest absolute Gasteiger partial charge is 0.347 e. The van der Waals surface area contributed by atoms with Gasteiger partial charge in [0.05, 0.1) is 11.9 Å². The predicted molar refractivity (Wildman–Crippen MR) is 140 cm³/mol. The molecule has 9 nitrogen and oxygen atoms in total. The van der Waals surface area contributed by atoms with E-state index in [2.05, 4.69) is 16.4 Å². The summed E-state index contributed by atoms with van der Waals surface area (Å²) in [6.07, 6.45) is 3.19. The molecule has 0 aliphatic rings. The minimum Gasteiger partial charge on any atom is -0.347 e. The molecule has 2 rings (SSSR count). The highest BCUT2D eigenvalue weighted by molar-refractivity contribution is 6.05. The molecule has 0 fully saturated rings. The Morgan fingerprint density at radius 3 is 2.34 bits per heavy atom. The Kier molecular flexibility index (Phi) is 8.31. The van der Waals surface area contributed by atoms with Crippen molar-refractivity contribution >= 4 is 23.2 Å². The number of carbonyl (C=O) groups excluding carboxylic acids is 2. The Labute approximate surface area is 207 Å². The van der Waals surface area contributed by atoms with Crippen molar-refractivity contribution in [3.05, 3.63) is 69.4 Å². The summed E-state index contributed by atoms with van der Waals surface area (Å²) in [7, 11) is 1.66. The summed E-state index contributed by atoms with van der Waals surface area (Å²) in [5.41, 5.74) is 6.20. The molecule has 190 valence electrons. The van der Waals surface area contributed by atoms with Gasteiger partial charge in [0.1, 0.15) is 5.69 Å². The number of nitrogens with zero attached hydrogens (tertiary/aromatic N) is 2. The number of rotatable bonds is 6. The summed E-state index contributed by atoms with van der Waals surface area (Å²) in [6, 6.07) is 6.73. The summed E-state index contributed by atoms with van der Waals surface area (Å²) < 4.78 is 1.46. The normalized spacial score (nSPS) is 12.3. The summed E-state index contributed by atoms with van der Waals surface area (Å²) in [5.74, 6) is 5.44. The Morgan fingerprint density at radius 2 is 1.77 bits per heavy atom. The molecule has 2 amide bonds. The fraction of sp³-hybridized carbons (Fsp3) is 0.423. The Hall–Kier alpha value is -3.43. The van der Waals surface area contributed by atoms with Crippen LogP contribution < -0.4 is 32.8 Å². The summed E-state index contributed by atoms with van der Waals surface area (Å²) in [5, 5.41) is 6.83. The van der Waals surface area contributed by atoms with E-state index in [9.17, 15) is 14.4 Å². The fourth-order valence-electron chi connectivity index (χ4n) is 3.19. The fourth-order valence-corrected chi connectivity index (χ4v) is 3.19. The Balaban J connectivity index is 2.29. The minimum atomic E-state index is -0.440. The first-order chi connectivity index (χ1) is 16.0. The van der Waals surface area contributed by atoms with Crippen molar-refractivity contribution < 1.29 is 15.3 Å². The van der Waals surface area contributed by atoms with Gasteiger partial charge in [-0.25, -0.2) is 5.84 Å². The molecule has 0 atom stereocenters. The third kappa shape index (κ3) is 7.53. The molecule has 35 heavy (non-hydrogen) atoms. The highest BCUT2D eigenvalue weighted by Crippen LogP contribution is 2.24. The number of amides is 2. The number of nitrogens with one attached hydrogen (secondary N) is 2. The molecule has 7 N–H and O–H groups in total. The van der Waals surface area contributed by atoms with Gasteiger partial charge in [0, 0.05) is 25.4 Å². The number of anilines is 2. The van der Waals surface area contributed by atoms with Gasteiger partial charge in [-0.05, 0) is 47.1 Å². The van der Waals surface area contributed by atoms with Crippen LogP contribution in [-0.4, -0.2) is 22.9 Å². The van der Waals surface area contributed by atoms with Crippen LogP contribution in [0, 0.1) is 12.3 Å². The van der Waals surface area contributed by atoms with Gasteiger partial charge in [-0.3, -0.25) is 19.4 Å². The quantitative estimate of drug-likeness (QED) is 0.283. The van der Waals surface area contributed by atoms with E-state index in [-0.39, 0.29) is 33.7 Å². The maximum Gasteiger partial charge on any atom is 0.306 e. The minimum absolute atomic E-state index is 0.0655. The van der Waals surface area contributed by atoms with Crippen molar-refractivity contribution in [2.75, 3.05) is 16.9 Å². The van der Waals surface area contributed by atoms with Crippen LogP contribution in [0.15, 0.2) is 47.2 Å². The van der Waals surface area contributed by atoms with Crippen LogP contribution >= 0.6 is 0 Å². The number of aryl methyl sites for hydroxylation is 2. The average molecular weight is 484 g/mol. The van der Waals surface area contributed by atoms with Crippen LogP contribution in [0.4, 0.5) is 11.4 Å². The van der Waals surface area contributed by atoms with E-state index in [1.165, 1.54) is 15.8 Å². The zero-order chi connectivity index (χ0) is 26.7. The predicted octanol–water partition coefficient (Wildman–Crippen LogP) is 2.17. The van der Waals surface area contributed by atoms with Crippen LogP contribution in [-0.2, 0) is 17.3 Å². The third-order valence-corrected chi connectivity index (χ3v) is 5.41. The lowest BCUT2D eigenvalue weighted by molar-refractivity contribution is -0.299.